The van der Waals surface area contributed by atoms with Crippen LogP contribution in [0.3, 0.4) is 0 Å². The first kappa shape index (κ1) is 15.4. The molecule has 1 fully saturated rings. The standard InChI is InChI=1S/C13H18N2O3S2/c1-18-11-3-2-8-15(9-11)20(16,17)12-6-4-10(5-7-12)13(14)19/h4-7,11H,2-3,8-9H2,1H3,(H2,14,19). The summed E-state index contributed by atoms with van der Waals surface area (Å²) < 4.78 is 31.8. The zero-order valence-corrected chi connectivity index (χ0v) is 12.9. The topological polar surface area (TPSA) is 72.6 Å². The van der Waals surface area contributed by atoms with Crippen molar-refractivity contribution in [2.24, 2.45) is 5.73 Å². The van der Waals surface area contributed by atoms with E-state index in [-0.39, 0.29) is 16.0 Å². The maximum atomic E-state index is 12.5. The van der Waals surface area contributed by atoms with Crippen molar-refractivity contribution >= 4 is 27.2 Å². The minimum Gasteiger partial charge on any atom is -0.389 e. The minimum absolute atomic E-state index is 0.0329. The van der Waals surface area contributed by atoms with Gasteiger partial charge in [-0.2, -0.15) is 4.31 Å². The quantitative estimate of drug-likeness (QED) is 0.843. The minimum atomic E-state index is -3.48. The Hall–Kier alpha value is -1.02. The van der Waals surface area contributed by atoms with Crippen LogP contribution in [0.15, 0.2) is 29.2 Å². The maximum Gasteiger partial charge on any atom is 0.243 e. The van der Waals surface area contributed by atoms with Crippen LogP contribution in [0.5, 0.6) is 0 Å². The molecule has 5 nitrogen and oxygen atoms in total. The third-order valence-electron chi connectivity index (χ3n) is 3.45. The highest BCUT2D eigenvalue weighted by Crippen LogP contribution is 2.22. The summed E-state index contributed by atoms with van der Waals surface area (Å²) in [5.74, 6) is 0. The predicted octanol–water partition coefficient (Wildman–Crippen LogP) is 1.12. The Balaban J connectivity index is 2.23. The Labute approximate surface area is 124 Å². The van der Waals surface area contributed by atoms with E-state index in [1.807, 2.05) is 0 Å². The van der Waals surface area contributed by atoms with Gasteiger partial charge in [0.2, 0.25) is 10.0 Å². The van der Waals surface area contributed by atoms with Crippen molar-refractivity contribution in [2.75, 3.05) is 20.2 Å². The highest BCUT2D eigenvalue weighted by molar-refractivity contribution is 7.89. The van der Waals surface area contributed by atoms with Gasteiger partial charge in [-0.25, -0.2) is 8.42 Å². The number of benzene rings is 1. The summed E-state index contributed by atoms with van der Waals surface area (Å²) in [7, 11) is -1.87. The third kappa shape index (κ3) is 3.17. The molecule has 0 amide bonds. The van der Waals surface area contributed by atoms with E-state index in [4.69, 9.17) is 22.7 Å². The summed E-state index contributed by atoms with van der Waals surface area (Å²) in [6, 6.07) is 6.35. The van der Waals surface area contributed by atoms with Crippen LogP contribution >= 0.6 is 12.2 Å². The molecule has 1 saturated heterocycles. The number of ether oxygens (including phenoxy) is 1. The first-order valence-corrected chi connectivity index (χ1v) is 8.23. The molecule has 0 aliphatic carbocycles. The fourth-order valence-corrected chi connectivity index (χ4v) is 3.90. The van der Waals surface area contributed by atoms with E-state index >= 15 is 0 Å². The van der Waals surface area contributed by atoms with Crippen LogP contribution in [-0.4, -0.2) is 44.0 Å². The summed E-state index contributed by atoms with van der Waals surface area (Å²) in [5.41, 5.74) is 6.17. The zero-order chi connectivity index (χ0) is 14.8. The Kier molecular flexibility index (Phi) is 4.74. The van der Waals surface area contributed by atoms with E-state index in [1.165, 1.54) is 4.31 Å². The fourth-order valence-electron chi connectivity index (χ4n) is 2.26. The number of nitrogens with two attached hydrogens (primary N) is 1. The molecule has 0 aromatic heterocycles. The lowest BCUT2D eigenvalue weighted by Gasteiger charge is -2.31. The van der Waals surface area contributed by atoms with Crippen LogP contribution in [0, 0.1) is 0 Å². The Morgan fingerprint density at radius 1 is 1.40 bits per heavy atom. The van der Waals surface area contributed by atoms with E-state index in [2.05, 4.69) is 0 Å². The van der Waals surface area contributed by atoms with E-state index in [9.17, 15) is 8.42 Å². The number of thiocarbonyl (C=S) groups is 1. The number of rotatable bonds is 4. The Morgan fingerprint density at radius 3 is 2.60 bits per heavy atom. The molecule has 1 aromatic rings. The first-order chi connectivity index (χ1) is 9.45. The van der Waals surface area contributed by atoms with Gasteiger partial charge in [-0.05, 0) is 25.0 Å². The zero-order valence-electron chi connectivity index (χ0n) is 11.3. The lowest BCUT2D eigenvalue weighted by Crippen LogP contribution is -2.42. The molecule has 20 heavy (non-hydrogen) atoms. The van der Waals surface area contributed by atoms with E-state index < -0.39 is 10.0 Å². The second kappa shape index (κ2) is 6.17. The molecular formula is C13H18N2O3S2. The molecule has 1 atom stereocenters. The molecule has 1 unspecified atom stereocenters. The van der Waals surface area contributed by atoms with Crippen molar-refractivity contribution in [1.29, 1.82) is 0 Å². The normalized spacial score (nSPS) is 20.8. The molecule has 1 aliphatic rings. The molecule has 0 spiro atoms. The van der Waals surface area contributed by atoms with Crippen molar-refractivity contribution in [3.63, 3.8) is 0 Å². The number of nitrogens with zero attached hydrogens (tertiary/aromatic N) is 1. The summed E-state index contributed by atoms with van der Waals surface area (Å²) >= 11 is 4.86. The second-order valence-electron chi connectivity index (χ2n) is 4.75. The van der Waals surface area contributed by atoms with Crippen LogP contribution in [-0.2, 0) is 14.8 Å². The van der Waals surface area contributed by atoms with Gasteiger partial charge in [-0.3, -0.25) is 0 Å². The van der Waals surface area contributed by atoms with Crippen molar-refractivity contribution in [3.05, 3.63) is 29.8 Å². The molecule has 0 radical (unpaired) electrons. The van der Waals surface area contributed by atoms with Gasteiger partial charge in [0.1, 0.15) is 4.99 Å². The van der Waals surface area contributed by atoms with Gasteiger partial charge >= 0.3 is 0 Å². The fraction of sp³-hybridized carbons (Fsp3) is 0.462. The highest BCUT2D eigenvalue weighted by atomic mass is 32.2. The van der Waals surface area contributed by atoms with Crippen molar-refractivity contribution in [3.8, 4) is 0 Å². The van der Waals surface area contributed by atoms with Crippen LogP contribution in [0.2, 0.25) is 0 Å². The number of hydrogen-bond acceptors (Lipinski definition) is 4. The van der Waals surface area contributed by atoms with Gasteiger partial charge in [0.25, 0.3) is 0 Å². The molecule has 2 N–H and O–H groups in total. The Morgan fingerprint density at radius 2 is 2.05 bits per heavy atom. The molecule has 7 heteroatoms. The molecule has 1 aliphatic heterocycles. The van der Waals surface area contributed by atoms with Gasteiger partial charge in [0, 0.05) is 25.8 Å². The molecular weight excluding hydrogens is 296 g/mol. The molecule has 0 saturated carbocycles. The van der Waals surface area contributed by atoms with E-state index in [0.29, 0.717) is 18.7 Å². The average Bonchev–Trinajstić information content (AvgIpc) is 2.47. The molecule has 1 aromatic carbocycles. The molecule has 0 bridgehead atoms. The second-order valence-corrected chi connectivity index (χ2v) is 7.13. The Bertz CT molecular complexity index is 584. The smallest absolute Gasteiger partial charge is 0.243 e. The number of sulfonamides is 1. The van der Waals surface area contributed by atoms with Gasteiger partial charge in [0.05, 0.1) is 11.0 Å². The van der Waals surface area contributed by atoms with Gasteiger partial charge in [0.15, 0.2) is 0 Å². The predicted molar refractivity (Wildman–Crippen MR) is 81.1 cm³/mol. The highest BCUT2D eigenvalue weighted by Gasteiger charge is 2.30. The lowest BCUT2D eigenvalue weighted by atomic mass is 10.1. The van der Waals surface area contributed by atoms with E-state index in [1.54, 1.807) is 31.4 Å². The number of methoxy groups -OCH3 is 1. The molecule has 2 rings (SSSR count). The summed E-state index contributed by atoms with van der Waals surface area (Å²) in [6.07, 6.45) is 1.67. The van der Waals surface area contributed by atoms with Crippen LogP contribution < -0.4 is 5.73 Å². The number of piperidine rings is 1. The summed E-state index contributed by atoms with van der Waals surface area (Å²) in [4.78, 5) is 0.514. The summed E-state index contributed by atoms with van der Waals surface area (Å²) in [5, 5.41) is 0. The first-order valence-electron chi connectivity index (χ1n) is 6.38. The SMILES string of the molecule is COC1CCCN(S(=O)(=O)c2ccc(C(N)=S)cc2)C1. The lowest BCUT2D eigenvalue weighted by molar-refractivity contribution is 0.0572. The van der Waals surface area contributed by atoms with Crippen LogP contribution in [0.1, 0.15) is 18.4 Å². The van der Waals surface area contributed by atoms with Crippen LogP contribution in [0.25, 0.3) is 0 Å². The monoisotopic (exact) mass is 314 g/mol. The maximum absolute atomic E-state index is 12.5. The van der Waals surface area contributed by atoms with Crippen molar-refractivity contribution in [2.45, 2.75) is 23.8 Å². The molecule has 1 heterocycles. The van der Waals surface area contributed by atoms with Gasteiger partial charge < -0.3 is 10.5 Å². The van der Waals surface area contributed by atoms with Crippen LogP contribution in [0.4, 0.5) is 0 Å². The van der Waals surface area contributed by atoms with Crippen molar-refractivity contribution in [1.82, 2.24) is 4.31 Å². The summed E-state index contributed by atoms with van der Waals surface area (Å²) in [6.45, 7) is 0.926. The number of hydrogen-bond donors (Lipinski definition) is 1. The third-order valence-corrected chi connectivity index (χ3v) is 5.57. The molecule has 110 valence electrons. The average molecular weight is 314 g/mol. The largest absolute Gasteiger partial charge is 0.389 e. The van der Waals surface area contributed by atoms with Crippen molar-refractivity contribution < 1.29 is 13.2 Å². The van der Waals surface area contributed by atoms with Gasteiger partial charge in [-0.1, -0.05) is 24.4 Å². The van der Waals surface area contributed by atoms with E-state index in [0.717, 1.165) is 12.8 Å². The van der Waals surface area contributed by atoms with Gasteiger partial charge in [-0.15, -0.1) is 0 Å².